The van der Waals surface area contributed by atoms with E-state index in [1.807, 2.05) is 0 Å². The highest BCUT2D eigenvalue weighted by molar-refractivity contribution is 6.31. The van der Waals surface area contributed by atoms with Crippen molar-refractivity contribution in [2.24, 2.45) is 5.92 Å². The monoisotopic (exact) mass is 308 g/mol. The van der Waals surface area contributed by atoms with Gasteiger partial charge >= 0.3 is 0 Å². The molecule has 1 fully saturated rings. The average Bonchev–Trinajstić information content (AvgIpc) is 2.52. The molecule has 1 heterocycles. The van der Waals surface area contributed by atoms with Gasteiger partial charge in [0.15, 0.2) is 0 Å². The van der Waals surface area contributed by atoms with E-state index >= 15 is 0 Å². The van der Waals surface area contributed by atoms with Crippen LogP contribution in [0.4, 0.5) is 5.69 Å². The maximum Gasteiger partial charge on any atom is 0.0474 e. The van der Waals surface area contributed by atoms with Gasteiger partial charge in [-0.2, -0.15) is 0 Å². The number of benzene rings is 1. The van der Waals surface area contributed by atoms with Gasteiger partial charge < -0.3 is 10.2 Å². The molecule has 1 aliphatic rings. The maximum absolute atomic E-state index is 6.51. The highest BCUT2D eigenvalue weighted by Crippen LogP contribution is 2.30. The molecule has 2 nitrogen and oxygen atoms in total. The second-order valence-corrected chi connectivity index (χ2v) is 6.63. The van der Waals surface area contributed by atoms with Crippen LogP contribution in [0.5, 0.6) is 0 Å². The van der Waals surface area contributed by atoms with Crippen LogP contribution in [0, 0.1) is 5.92 Å². The topological polar surface area (TPSA) is 15.3 Å². The van der Waals surface area contributed by atoms with E-state index in [1.54, 1.807) is 0 Å². The lowest BCUT2D eigenvalue weighted by molar-refractivity contribution is 0.395. The normalized spacial score (nSPS) is 18.0. The second kappa shape index (κ2) is 8.05. The number of hydrogen-bond donors (Lipinski definition) is 1. The van der Waals surface area contributed by atoms with Crippen LogP contribution in [-0.4, -0.2) is 19.6 Å². The SMILES string of the molecule is CCCNC(C)c1ccc(N2CCC(CC)CC2)cc1Cl. The van der Waals surface area contributed by atoms with Crippen molar-refractivity contribution in [2.45, 2.75) is 52.5 Å². The predicted octanol–water partition coefficient (Wildman–Crippen LogP) is 5.03. The highest BCUT2D eigenvalue weighted by atomic mass is 35.5. The summed E-state index contributed by atoms with van der Waals surface area (Å²) >= 11 is 6.51. The fourth-order valence-electron chi connectivity index (χ4n) is 3.13. The van der Waals surface area contributed by atoms with Crippen molar-refractivity contribution < 1.29 is 0 Å². The molecule has 0 aliphatic carbocycles. The van der Waals surface area contributed by atoms with Gasteiger partial charge in [-0.15, -0.1) is 0 Å². The van der Waals surface area contributed by atoms with Gasteiger partial charge in [-0.1, -0.05) is 37.9 Å². The second-order valence-electron chi connectivity index (χ2n) is 6.22. The van der Waals surface area contributed by atoms with Gasteiger partial charge in [0.05, 0.1) is 0 Å². The van der Waals surface area contributed by atoms with E-state index in [0.29, 0.717) is 6.04 Å². The third-order valence-corrected chi connectivity index (χ3v) is 5.04. The van der Waals surface area contributed by atoms with Gasteiger partial charge in [0.1, 0.15) is 0 Å². The molecular formula is C18H29ClN2. The van der Waals surface area contributed by atoms with Crippen molar-refractivity contribution in [1.29, 1.82) is 0 Å². The summed E-state index contributed by atoms with van der Waals surface area (Å²) in [5.74, 6) is 0.911. The lowest BCUT2D eigenvalue weighted by Crippen LogP contribution is -2.33. The van der Waals surface area contributed by atoms with Crippen molar-refractivity contribution in [3.63, 3.8) is 0 Å². The summed E-state index contributed by atoms with van der Waals surface area (Å²) in [7, 11) is 0. The van der Waals surface area contributed by atoms with E-state index < -0.39 is 0 Å². The Kier molecular flexibility index (Phi) is 6.38. The quantitative estimate of drug-likeness (QED) is 0.793. The lowest BCUT2D eigenvalue weighted by Gasteiger charge is -2.33. The summed E-state index contributed by atoms with van der Waals surface area (Å²) in [6.07, 6.45) is 5.08. The summed E-state index contributed by atoms with van der Waals surface area (Å²) in [5.41, 5.74) is 2.48. The minimum absolute atomic E-state index is 0.317. The zero-order valence-corrected chi connectivity index (χ0v) is 14.4. The Bertz CT molecular complexity index is 439. The lowest BCUT2D eigenvalue weighted by atomic mass is 9.94. The smallest absolute Gasteiger partial charge is 0.0474 e. The Morgan fingerprint density at radius 1 is 1.29 bits per heavy atom. The Morgan fingerprint density at radius 2 is 2.00 bits per heavy atom. The van der Waals surface area contributed by atoms with E-state index in [0.717, 1.165) is 37.0 Å². The third kappa shape index (κ3) is 4.37. The van der Waals surface area contributed by atoms with Gasteiger partial charge in [0.2, 0.25) is 0 Å². The molecular weight excluding hydrogens is 280 g/mol. The van der Waals surface area contributed by atoms with Crippen molar-refractivity contribution in [3.8, 4) is 0 Å². The summed E-state index contributed by atoms with van der Waals surface area (Å²) in [6, 6.07) is 6.89. The van der Waals surface area contributed by atoms with Gasteiger partial charge in [0.25, 0.3) is 0 Å². The number of nitrogens with one attached hydrogen (secondary N) is 1. The van der Waals surface area contributed by atoms with E-state index in [4.69, 9.17) is 11.6 Å². The minimum Gasteiger partial charge on any atom is -0.371 e. The Labute approximate surface area is 134 Å². The zero-order valence-electron chi connectivity index (χ0n) is 13.7. The molecule has 0 aromatic heterocycles. The summed E-state index contributed by atoms with van der Waals surface area (Å²) in [4.78, 5) is 2.48. The number of piperidine rings is 1. The molecule has 1 aromatic carbocycles. The van der Waals surface area contributed by atoms with E-state index in [2.05, 4.69) is 49.2 Å². The van der Waals surface area contributed by atoms with Crippen molar-refractivity contribution in [1.82, 2.24) is 5.32 Å². The molecule has 0 bridgehead atoms. The molecule has 1 aliphatic heterocycles. The number of nitrogens with zero attached hydrogens (tertiary/aromatic N) is 1. The molecule has 1 unspecified atom stereocenters. The van der Waals surface area contributed by atoms with Crippen LogP contribution in [0.1, 0.15) is 58.1 Å². The van der Waals surface area contributed by atoms with Crippen LogP contribution >= 0.6 is 11.6 Å². The first-order chi connectivity index (χ1) is 10.2. The first-order valence-electron chi connectivity index (χ1n) is 8.43. The standard InChI is InChI=1S/C18H29ClN2/c1-4-10-20-14(3)17-7-6-16(13-18(17)19)21-11-8-15(5-2)9-12-21/h6-7,13-15,20H,4-5,8-12H2,1-3H3. The first-order valence-corrected chi connectivity index (χ1v) is 8.81. The predicted molar refractivity (Wildman–Crippen MR) is 93.4 cm³/mol. The van der Waals surface area contributed by atoms with Gasteiger partial charge in [-0.3, -0.25) is 0 Å². The maximum atomic E-state index is 6.51. The highest BCUT2D eigenvalue weighted by Gasteiger charge is 2.19. The fraction of sp³-hybridized carbons (Fsp3) is 0.667. The summed E-state index contributed by atoms with van der Waals surface area (Å²) < 4.78 is 0. The minimum atomic E-state index is 0.317. The molecule has 1 saturated heterocycles. The number of halogens is 1. The molecule has 1 atom stereocenters. The molecule has 3 heteroatoms. The average molecular weight is 309 g/mol. The van der Waals surface area contributed by atoms with Crippen LogP contribution in [-0.2, 0) is 0 Å². The van der Waals surface area contributed by atoms with Gasteiger partial charge in [-0.25, -0.2) is 0 Å². The Balaban J connectivity index is 2.02. The van der Waals surface area contributed by atoms with E-state index in [9.17, 15) is 0 Å². The molecule has 0 radical (unpaired) electrons. The number of rotatable bonds is 6. The largest absolute Gasteiger partial charge is 0.371 e. The Hall–Kier alpha value is -0.730. The Morgan fingerprint density at radius 3 is 2.57 bits per heavy atom. The molecule has 0 saturated carbocycles. The van der Waals surface area contributed by atoms with Crippen LogP contribution < -0.4 is 10.2 Å². The first kappa shape index (κ1) is 16.6. The zero-order chi connectivity index (χ0) is 15.2. The van der Waals surface area contributed by atoms with Crippen molar-refractivity contribution in [3.05, 3.63) is 28.8 Å². The molecule has 2 rings (SSSR count). The molecule has 21 heavy (non-hydrogen) atoms. The van der Waals surface area contributed by atoms with Crippen LogP contribution in [0.3, 0.4) is 0 Å². The summed E-state index contributed by atoms with van der Waals surface area (Å²) in [5, 5.41) is 4.39. The molecule has 1 aromatic rings. The fourth-order valence-corrected chi connectivity index (χ4v) is 3.47. The molecule has 0 spiro atoms. The summed E-state index contributed by atoms with van der Waals surface area (Å²) in [6.45, 7) is 10.0. The third-order valence-electron chi connectivity index (χ3n) is 4.71. The molecule has 118 valence electrons. The van der Waals surface area contributed by atoms with E-state index in [1.165, 1.54) is 30.5 Å². The van der Waals surface area contributed by atoms with Crippen LogP contribution in [0.2, 0.25) is 5.02 Å². The van der Waals surface area contributed by atoms with Crippen LogP contribution in [0.15, 0.2) is 18.2 Å². The number of hydrogen-bond acceptors (Lipinski definition) is 2. The van der Waals surface area contributed by atoms with Gasteiger partial charge in [-0.05, 0) is 56.3 Å². The van der Waals surface area contributed by atoms with Crippen LogP contribution in [0.25, 0.3) is 0 Å². The van der Waals surface area contributed by atoms with E-state index in [-0.39, 0.29) is 0 Å². The molecule has 0 amide bonds. The number of anilines is 1. The van der Waals surface area contributed by atoms with Crippen molar-refractivity contribution in [2.75, 3.05) is 24.5 Å². The van der Waals surface area contributed by atoms with Crippen molar-refractivity contribution >= 4 is 17.3 Å². The molecule has 1 N–H and O–H groups in total. The van der Waals surface area contributed by atoms with Gasteiger partial charge in [0, 0.05) is 29.8 Å².